The first-order valence-corrected chi connectivity index (χ1v) is 6.75. The van der Waals surface area contributed by atoms with E-state index in [4.69, 9.17) is 11.6 Å². The van der Waals surface area contributed by atoms with Crippen molar-refractivity contribution in [3.8, 4) is 0 Å². The number of halogens is 1. The number of nitrogens with one attached hydrogen (secondary N) is 1. The summed E-state index contributed by atoms with van der Waals surface area (Å²) in [4.78, 5) is 12.1. The summed E-state index contributed by atoms with van der Waals surface area (Å²) < 4.78 is 0. The van der Waals surface area contributed by atoms with E-state index >= 15 is 0 Å². The third kappa shape index (κ3) is 1.95. The third-order valence-corrected chi connectivity index (χ3v) is 4.22. The average molecular weight is 262 g/mol. The van der Waals surface area contributed by atoms with Gasteiger partial charge >= 0.3 is 0 Å². The van der Waals surface area contributed by atoms with Crippen LogP contribution in [-0.4, -0.2) is 12.5 Å². The molecule has 1 amide bonds. The number of hydrogen-bond acceptors (Lipinski definition) is 1. The summed E-state index contributed by atoms with van der Waals surface area (Å²) in [5.41, 5.74) is 2.79. The van der Waals surface area contributed by atoms with E-state index in [9.17, 15) is 4.79 Å². The summed E-state index contributed by atoms with van der Waals surface area (Å²) in [7, 11) is 0. The van der Waals surface area contributed by atoms with E-state index in [0.29, 0.717) is 23.4 Å². The first-order valence-electron chi connectivity index (χ1n) is 6.37. The van der Waals surface area contributed by atoms with Gasteiger partial charge in [-0.2, -0.15) is 0 Å². The average Bonchev–Trinajstić information content (AvgIpc) is 3.10. The van der Waals surface area contributed by atoms with Gasteiger partial charge in [0.2, 0.25) is 5.91 Å². The molecule has 3 unspecified atom stereocenters. The van der Waals surface area contributed by atoms with Gasteiger partial charge in [-0.05, 0) is 35.8 Å². The molecule has 1 saturated carbocycles. The van der Waals surface area contributed by atoms with Gasteiger partial charge in [0.25, 0.3) is 0 Å². The van der Waals surface area contributed by atoms with E-state index in [-0.39, 0.29) is 11.8 Å². The molecule has 2 aliphatic carbocycles. The summed E-state index contributed by atoms with van der Waals surface area (Å²) in [6.45, 7) is 3.96. The second-order valence-electron chi connectivity index (χ2n) is 5.19. The zero-order chi connectivity index (χ0) is 12.7. The minimum Gasteiger partial charge on any atom is -0.351 e. The van der Waals surface area contributed by atoms with Gasteiger partial charge in [0.05, 0.1) is 6.54 Å². The maximum Gasteiger partial charge on any atom is 0.224 e. The summed E-state index contributed by atoms with van der Waals surface area (Å²) in [5.74, 6) is 1.23. The van der Waals surface area contributed by atoms with Crippen molar-refractivity contribution >= 4 is 17.5 Å². The quantitative estimate of drug-likeness (QED) is 0.891. The van der Waals surface area contributed by atoms with E-state index in [1.165, 1.54) is 11.1 Å². The lowest BCUT2D eigenvalue weighted by atomic mass is 9.92. The molecule has 2 aliphatic rings. The minimum absolute atomic E-state index is 0.128. The summed E-state index contributed by atoms with van der Waals surface area (Å²) in [6, 6.07) is 8.49. The molecular formula is C15H16ClNO. The minimum atomic E-state index is 0.128. The zero-order valence-electron chi connectivity index (χ0n) is 10.2. The second kappa shape index (κ2) is 4.43. The summed E-state index contributed by atoms with van der Waals surface area (Å²) in [6.07, 6.45) is 2.23. The van der Waals surface area contributed by atoms with Crippen molar-refractivity contribution in [2.45, 2.75) is 18.8 Å². The number of amides is 1. The molecule has 18 heavy (non-hydrogen) atoms. The van der Waals surface area contributed by atoms with Crippen LogP contribution in [0.15, 0.2) is 35.9 Å². The van der Waals surface area contributed by atoms with Crippen molar-refractivity contribution in [1.29, 1.82) is 0 Å². The highest BCUT2D eigenvalue weighted by molar-refractivity contribution is 6.29. The molecule has 1 fully saturated rings. The number of aryl methyl sites for hydroxylation is 1. The Morgan fingerprint density at radius 3 is 3.00 bits per heavy atom. The largest absolute Gasteiger partial charge is 0.351 e. The van der Waals surface area contributed by atoms with E-state index in [0.717, 1.165) is 12.8 Å². The molecule has 0 spiro atoms. The molecule has 0 aromatic heterocycles. The van der Waals surface area contributed by atoms with Crippen LogP contribution in [0.4, 0.5) is 0 Å². The summed E-state index contributed by atoms with van der Waals surface area (Å²) >= 11 is 5.67. The number of benzene rings is 1. The Kier molecular flexibility index (Phi) is 2.90. The molecule has 2 nitrogen and oxygen atoms in total. The van der Waals surface area contributed by atoms with Crippen LogP contribution in [0.1, 0.15) is 23.5 Å². The van der Waals surface area contributed by atoms with Crippen LogP contribution in [0.3, 0.4) is 0 Å². The van der Waals surface area contributed by atoms with Gasteiger partial charge < -0.3 is 5.32 Å². The Hall–Kier alpha value is -1.28. The van der Waals surface area contributed by atoms with Gasteiger partial charge in [-0.15, -0.1) is 0 Å². The van der Waals surface area contributed by atoms with Crippen molar-refractivity contribution in [2.24, 2.45) is 11.8 Å². The fourth-order valence-electron chi connectivity index (χ4n) is 3.22. The first-order chi connectivity index (χ1) is 8.68. The molecule has 94 valence electrons. The molecule has 1 aromatic carbocycles. The predicted molar refractivity (Wildman–Crippen MR) is 72.5 cm³/mol. The third-order valence-electron chi connectivity index (χ3n) is 4.09. The molecule has 0 saturated heterocycles. The number of hydrogen-bond donors (Lipinski definition) is 1. The van der Waals surface area contributed by atoms with Gasteiger partial charge in [-0.25, -0.2) is 0 Å². The van der Waals surface area contributed by atoms with Gasteiger partial charge in [-0.3, -0.25) is 4.79 Å². The monoisotopic (exact) mass is 261 g/mol. The van der Waals surface area contributed by atoms with Crippen molar-refractivity contribution in [1.82, 2.24) is 5.32 Å². The van der Waals surface area contributed by atoms with E-state index in [2.05, 4.69) is 36.2 Å². The van der Waals surface area contributed by atoms with Crippen molar-refractivity contribution in [3.05, 3.63) is 47.0 Å². The molecule has 0 aliphatic heterocycles. The Morgan fingerprint density at radius 2 is 2.22 bits per heavy atom. The lowest BCUT2D eigenvalue weighted by Gasteiger charge is -2.13. The maximum atomic E-state index is 12.1. The molecular weight excluding hydrogens is 246 g/mol. The number of carbonyl (C=O) groups is 1. The number of carbonyl (C=O) groups excluding carboxylic acids is 1. The lowest BCUT2D eigenvalue weighted by Crippen LogP contribution is -2.26. The lowest BCUT2D eigenvalue weighted by molar-refractivity contribution is -0.122. The van der Waals surface area contributed by atoms with Crippen LogP contribution < -0.4 is 5.32 Å². The normalized spacial score (nSPS) is 27.9. The fourth-order valence-corrected chi connectivity index (χ4v) is 3.29. The molecule has 1 aromatic rings. The highest BCUT2D eigenvalue weighted by atomic mass is 35.5. The molecule has 3 atom stereocenters. The van der Waals surface area contributed by atoms with Crippen LogP contribution in [0.5, 0.6) is 0 Å². The Labute approximate surface area is 112 Å². The summed E-state index contributed by atoms with van der Waals surface area (Å²) in [5, 5.41) is 3.34. The van der Waals surface area contributed by atoms with Crippen LogP contribution in [0.2, 0.25) is 0 Å². The predicted octanol–water partition coefficient (Wildman–Crippen LogP) is 2.83. The molecule has 0 heterocycles. The van der Waals surface area contributed by atoms with Crippen LogP contribution in [0.25, 0.3) is 0 Å². The van der Waals surface area contributed by atoms with Gasteiger partial charge in [0, 0.05) is 11.0 Å². The molecule has 0 radical (unpaired) electrons. The highest BCUT2D eigenvalue weighted by Crippen LogP contribution is 2.59. The molecule has 3 rings (SSSR count). The number of fused-ring (bicyclic) bond motifs is 3. The number of rotatable bonds is 3. The highest BCUT2D eigenvalue weighted by Gasteiger charge is 2.56. The van der Waals surface area contributed by atoms with Gasteiger partial charge in [-0.1, -0.05) is 42.4 Å². The Morgan fingerprint density at radius 1 is 1.44 bits per heavy atom. The SMILES string of the molecule is C=C(Cl)CNC(=O)C1C2CCc3ccccc3C21. The molecule has 3 heteroatoms. The van der Waals surface area contributed by atoms with E-state index in [1.807, 2.05) is 0 Å². The van der Waals surface area contributed by atoms with Gasteiger partial charge in [0.1, 0.15) is 0 Å². The van der Waals surface area contributed by atoms with Crippen molar-refractivity contribution in [3.63, 3.8) is 0 Å². The smallest absolute Gasteiger partial charge is 0.224 e. The van der Waals surface area contributed by atoms with E-state index in [1.54, 1.807) is 0 Å². The van der Waals surface area contributed by atoms with Crippen LogP contribution in [0, 0.1) is 11.8 Å². The maximum absolute atomic E-state index is 12.1. The Bertz CT molecular complexity index is 511. The van der Waals surface area contributed by atoms with E-state index < -0.39 is 0 Å². The van der Waals surface area contributed by atoms with Gasteiger partial charge in [0.15, 0.2) is 0 Å². The molecule has 1 N–H and O–H groups in total. The first kappa shape index (κ1) is 11.8. The molecule has 0 bridgehead atoms. The Balaban J connectivity index is 1.73. The van der Waals surface area contributed by atoms with Crippen molar-refractivity contribution < 1.29 is 4.79 Å². The standard InChI is InChI=1S/C15H16ClNO/c1-9(16)8-17-15(18)14-12-7-6-10-4-2-3-5-11(10)13(12)14/h2-5,12-14H,1,6-8H2,(H,17,18). The fraction of sp³-hybridized carbons (Fsp3) is 0.400. The van der Waals surface area contributed by atoms with Crippen LogP contribution >= 0.6 is 11.6 Å². The zero-order valence-corrected chi connectivity index (χ0v) is 10.9. The second-order valence-corrected chi connectivity index (χ2v) is 5.72. The topological polar surface area (TPSA) is 29.1 Å². The van der Waals surface area contributed by atoms with Crippen LogP contribution in [-0.2, 0) is 11.2 Å². The van der Waals surface area contributed by atoms with Crippen molar-refractivity contribution in [2.75, 3.05) is 6.54 Å².